The second-order valence-corrected chi connectivity index (χ2v) is 3.17. The second-order valence-electron chi connectivity index (χ2n) is 3.17. The zero-order valence-corrected chi connectivity index (χ0v) is 7.49. The molecule has 0 atom stereocenters. The fourth-order valence-corrected chi connectivity index (χ4v) is 1.40. The molecule has 0 spiro atoms. The minimum atomic E-state index is 0.0946. The van der Waals surface area contributed by atoms with Gasteiger partial charge in [-0.05, 0) is 30.0 Å². The van der Waals surface area contributed by atoms with Gasteiger partial charge >= 0.3 is 0 Å². The van der Waals surface area contributed by atoms with Crippen LogP contribution in [0.4, 0.5) is 0 Å². The minimum Gasteiger partial charge on any atom is -0.392 e. The number of aryl methyl sites for hydroxylation is 1. The second kappa shape index (κ2) is 3.15. The Labute approximate surface area is 76.9 Å². The third-order valence-corrected chi connectivity index (χ3v) is 2.11. The van der Waals surface area contributed by atoms with E-state index >= 15 is 0 Å². The number of pyridine rings is 1. The van der Waals surface area contributed by atoms with Gasteiger partial charge in [-0.1, -0.05) is 12.1 Å². The minimum absolute atomic E-state index is 0.0946. The van der Waals surface area contributed by atoms with Crippen LogP contribution in [0, 0.1) is 6.92 Å². The van der Waals surface area contributed by atoms with Gasteiger partial charge in [0.2, 0.25) is 0 Å². The molecule has 2 rings (SSSR count). The topological polar surface area (TPSA) is 33.1 Å². The van der Waals surface area contributed by atoms with Gasteiger partial charge in [0.1, 0.15) is 0 Å². The number of rotatable bonds is 1. The van der Waals surface area contributed by atoms with E-state index in [9.17, 15) is 0 Å². The fraction of sp³-hybridized carbons (Fsp3) is 0.182. The average Bonchev–Trinajstić information content (AvgIpc) is 2.16. The molecule has 0 radical (unpaired) electrons. The van der Waals surface area contributed by atoms with Crippen LogP contribution in [0.3, 0.4) is 0 Å². The summed E-state index contributed by atoms with van der Waals surface area (Å²) >= 11 is 0. The van der Waals surface area contributed by atoms with Gasteiger partial charge in [-0.15, -0.1) is 0 Å². The van der Waals surface area contributed by atoms with Gasteiger partial charge in [0.15, 0.2) is 0 Å². The van der Waals surface area contributed by atoms with Crippen molar-refractivity contribution in [2.45, 2.75) is 13.5 Å². The first kappa shape index (κ1) is 8.20. The number of hydrogen-bond donors (Lipinski definition) is 1. The summed E-state index contributed by atoms with van der Waals surface area (Å²) in [6.07, 6.45) is 1.85. The van der Waals surface area contributed by atoms with E-state index in [2.05, 4.69) is 4.98 Å². The maximum atomic E-state index is 8.95. The Bertz CT molecular complexity index is 437. The summed E-state index contributed by atoms with van der Waals surface area (Å²) in [6.45, 7) is 2.06. The van der Waals surface area contributed by atoms with Crippen LogP contribution in [0.25, 0.3) is 10.8 Å². The lowest BCUT2D eigenvalue weighted by Gasteiger charge is -2.00. The molecule has 1 aromatic carbocycles. The highest BCUT2D eigenvalue weighted by atomic mass is 16.3. The Kier molecular flexibility index (Phi) is 1.99. The number of aromatic nitrogens is 1. The molecule has 2 nitrogen and oxygen atoms in total. The van der Waals surface area contributed by atoms with Crippen molar-refractivity contribution in [2.24, 2.45) is 0 Å². The quantitative estimate of drug-likeness (QED) is 0.715. The van der Waals surface area contributed by atoms with Crippen molar-refractivity contribution < 1.29 is 5.11 Å². The van der Waals surface area contributed by atoms with Crippen molar-refractivity contribution in [3.8, 4) is 0 Å². The van der Waals surface area contributed by atoms with Crippen molar-refractivity contribution in [3.05, 3.63) is 41.7 Å². The molecule has 0 fully saturated rings. The van der Waals surface area contributed by atoms with Gasteiger partial charge in [0.05, 0.1) is 6.61 Å². The standard InChI is InChI=1S/C11H11NO/c1-8-4-11-5-9(7-13)2-3-10(11)6-12-8/h2-6,13H,7H2,1H3. The van der Waals surface area contributed by atoms with Gasteiger partial charge in [-0.25, -0.2) is 0 Å². The van der Waals surface area contributed by atoms with E-state index in [4.69, 9.17) is 5.11 Å². The Morgan fingerprint density at radius 1 is 1.23 bits per heavy atom. The maximum absolute atomic E-state index is 8.95. The lowest BCUT2D eigenvalue weighted by Crippen LogP contribution is -1.85. The van der Waals surface area contributed by atoms with Crippen LogP contribution < -0.4 is 0 Å². The molecule has 0 aliphatic rings. The van der Waals surface area contributed by atoms with E-state index in [1.165, 1.54) is 0 Å². The van der Waals surface area contributed by atoms with E-state index in [1.54, 1.807) is 0 Å². The fourth-order valence-electron chi connectivity index (χ4n) is 1.40. The highest BCUT2D eigenvalue weighted by Gasteiger charge is 1.96. The summed E-state index contributed by atoms with van der Waals surface area (Å²) in [5.41, 5.74) is 1.95. The molecule has 0 unspecified atom stereocenters. The summed E-state index contributed by atoms with van der Waals surface area (Å²) in [7, 11) is 0. The number of aliphatic hydroxyl groups excluding tert-OH is 1. The van der Waals surface area contributed by atoms with E-state index < -0.39 is 0 Å². The van der Waals surface area contributed by atoms with Gasteiger partial charge in [-0.3, -0.25) is 4.98 Å². The first-order valence-electron chi connectivity index (χ1n) is 4.26. The van der Waals surface area contributed by atoms with Crippen molar-refractivity contribution >= 4 is 10.8 Å². The van der Waals surface area contributed by atoms with E-state index in [0.29, 0.717) is 0 Å². The number of benzene rings is 1. The van der Waals surface area contributed by atoms with Crippen LogP contribution in [-0.2, 0) is 6.61 Å². The summed E-state index contributed by atoms with van der Waals surface area (Å²) in [5, 5.41) is 11.2. The Balaban J connectivity index is 2.68. The molecule has 0 aliphatic carbocycles. The molecule has 0 aliphatic heterocycles. The van der Waals surface area contributed by atoms with Crippen molar-refractivity contribution in [1.82, 2.24) is 4.98 Å². The van der Waals surface area contributed by atoms with Gasteiger partial charge in [0, 0.05) is 17.3 Å². The summed E-state index contributed by atoms with van der Waals surface area (Å²) in [5.74, 6) is 0. The first-order chi connectivity index (χ1) is 6.29. The van der Waals surface area contributed by atoms with Gasteiger partial charge in [0.25, 0.3) is 0 Å². The third kappa shape index (κ3) is 1.53. The summed E-state index contributed by atoms with van der Waals surface area (Å²) in [4.78, 5) is 4.20. The molecular formula is C11H11NO. The Morgan fingerprint density at radius 2 is 2.08 bits per heavy atom. The van der Waals surface area contributed by atoms with Crippen LogP contribution in [-0.4, -0.2) is 10.1 Å². The SMILES string of the molecule is Cc1cc2cc(CO)ccc2cn1. The van der Waals surface area contributed by atoms with Gasteiger partial charge in [-0.2, -0.15) is 0 Å². The summed E-state index contributed by atoms with van der Waals surface area (Å²) < 4.78 is 0. The average molecular weight is 173 g/mol. The molecule has 2 aromatic rings. The Hall–Kier alpha value is -1.41. The summed E-state index contributed by atoms with van der Waals surface area (Å²) in [6, 6.07) is 7.91. The maximum Gasteiger partial charge on any atom is 0.0682 e. The lowest BCUT2D eigenvalue weighted by atomic mass is 10.1. The molecule has 0 saturated heterocycles. The zero-order chi connectivity index (χ0) is 9.26. The number of fused-ring (bicyclic) bond motifs is 1. The smallest absolute Gasteiger partial charge is 0.0682 e. The Morgan fingerprint density at radius 3 is 2.85 bits per heavy atom. The monoisotopic (exact) mass is 173 g/mol. The first-order valence-corrected chi connectivity index (χ1v) is 4.26. The van der Waals surface area contributed by atoms with E-state index in [-0.39, 0.29) is 6.61 Å². The van der Waals surface area contributed by atoms with Crippen molar-refractivity contribution in [1.29, 1.82) is 0 Å². The third-order valence-electron chi connectivity index (χ3n) is 2.11. The predicted octanol–water partition coefficient (Wildman–Crippen LogP) is 2.04. The van der Waals surface area contributed by atoms with Crippen LogP contribution in [0.2, 0.25) is 0 Å². The lowest BCUT2D eigenvalue weighted by molar-refractivity contribution is 0.282. The van der Waals surface area contributed by atoms with Gasteiger partial charge < -0.3 is 5.11 Å². The van der Waals surface area contributed by atoms with Crippen LogP contribution in [0.5, 0.6) is 0 Å². The molecule has 1 aromatic heterocycles. The number of hydrogen-bond acceptors (Lipinski definition) is 2. The molecule has 13 heavy (non-hydrogen) atoms. The normalized spacial score (nSPS) is 10.6. The van der Waals surface area contributed by atoms with E-state index in [1.807, 2.05) is 37.4 Å². The number of nitrogens with zero attached hydrogens (tertiary/aromatic N) is 1. The molecular weight excluding hydrogens is 162 g/mol. The highest BCUT2D eigenvalue weighted by Crippen LogP contribution is 2.15. The molecule has 1 heterocycles. The van der Waals surface area contributed by atoms with E-state index in [0.717, 1.165) is 22.0 Å². The molecule has 1 N–H and O–H groups in total. The predicted molar refractivity (Wildman–Crippen MR) is 52.4 cm³/mol. The molecule has 66 valence electrons. The van der Waals surface area contributed by atoms with Crippen LogP contribution in [0.1, 0.15) is 11.3 Å². The molecule has 0 bridgehead atoms. The highest BCUT2D eigenvalue weighted by molar-refractivity contribution is 5.82. The molecule has 0 amide bonds. The largest absolute Gasteiger partial charge is 0.392 e. The van der Waals surface area contributed by atoms with Crippen molar-refractivity contribution in [3.63, 3.8) is 0 Å². The number of aliphatic hydroxyl groups is 1. The molecule has 2 heteroatoms. The molecule has 0 saturated carbocycles. The zero-order valence-electron chi connectivity index (χ0n) is 7.49. The van der Waals surface area contributed by atoms with Crippen molar-refractivity contribution in [2.75, 3.05) is 0 Å². The van der Waals surface area contributed by atoms with Crippen LogP contribution in [0.15, 0.2) is 30.5 Å². The van der Waals surface area contributed by atoms with Crippen LogP contribution >= 0.6 is 0 Å².